The summed E-state index contributed by atoms with van der Waals surface area (Å²) in [5, 5.41) is 0.108. The van der Waals surface area contributed by atoms with Crippen LogP contribution in [-0.4, -0.2) is 16.7 Å². The Morgan fingerprint density at radius 3 is 2.81 bits per heavy atom. The first-order valence-electron chi connectivity index (χ1n) is 6.29. The quantitative estimate of drug-likeness (QED) is 0.717. The van der Waals surface area contributed by atoms with Crippen molar-refractivity contribution in [3.63, 3.8) is 0 Å². The minimum absolute atomic E-state index is 0.108. The molecule has 0 bridgehead atoms. The lowest BCUT2D eigenvalue weighted by atomic mass is 10.2. The van der Waals surface area contributed by atoms with E-state index in [4.69, 9.17) is 28.6 Å². The number of nitrogens with zero attached hydrogens (tertiary/aromatic N) is 1. The minimum atomic E-state index is -0.426. The molecule has 3 aromatic rings. The smallest absolute Gasteiger partial charge is 0.178 e. The molecule has 0 aliphatic carbocycles. The van der Waals surface area contributed by atoms with E-state index in [1.807, 2.05) is 22.8 Å². The molecule has 108 valence electrons. The van der Waals surface area contributed by atoms with Crippen molar-refractivity contribution >= 4 is 34.9 Å². The van der Waals surface area contributed by atoms with Crippen molar-refractivity contribution in [1.82, 2.24) is 9.55 Å². The Kier molecular flexibility index (Phi) is 3.69. The van der Waals surface area contributed by atoms with Gasteiger partial charge < -0.3 is 14.3 Å². The number of imidazole rings is 1. The van der Waals surface area contributed by atoms with Crippen molar-refractivity contribution in [2.24, 2.45) is 0 Å². The number of fused-ring (bicyclic) bond motifs is 1. The average Bonchev–Trinajstić information content (AvgIpc) is 2.78. The van der Waals surface area contributed by atoms with Gasteiger partial charge in [0.2, 0.25) is 0 Å². The number of H-pyrrole nitrogens is 1. The number of methoxy groups -OCH3 is 1. The summed E-state index contributed by atoms with van der Waals surface area (Å²) in [7, 11) is 1.62. The third-order valence-electron chi connectivity index (χ3n) is 3.31. The standard InChI is InChI=1S/C15H12ClFN2OS/c1-20-10-3-5-13-14(7-10)19(15(21)18-13)8-9-2-4-12(17)11(16)6-9/h2-7H,8H2,1H3,(H,18,21). The van der Waals surface area contributed by atoms with Gasteiger partial charge in [-0.15, -0.1) is 0 Å². The first kappa shape index (κ1) is 14.1. The van der Waals surface area contributed by atoms with Gasteiger partial charge in [-0.3, -0.25) is 0 Å². The van der Waals surface area contributed by atoms with Crippen LogP contribution < -0.4 is 4.74 Å². The van der Waals surface area contributed by atoms with E-state index >= 15 is 0 Å². The summed E-state index contributed by atoms with van der Waals surface area (Å²) in [6, 6.07) is 10.4. The predicted octanol–water partition coefficient (Wildman–Crippen LogP) is 4.55. The third kappa shape index (κ3) is 2.66. The monoisotopic (exact) mass is 322 g/mol. The Labute approximate surface area is 130 Å². The van der Waals surface area contributed by atoms with E-state index in [1.165, 1.54) is 6.07 Å². The molecule has 1 heterocycles. The van der Waals surface area contributed by atoms with Gasteiger partial charge in [0.25, 0.3) is 0 Å². The highest BCUT2D eigenvalue weighted by Crippen LogP contribution is 2.23. The minimum Gasteiger partial charge on any atom is -0.497 e. The fraction of sp³-hybridized carbons (Fsp3) is 0.133. The summed E-state index contributed by atoms with van der Waals surface area (Å²) in [6.07, 6.45) is 0. The number of halogens is 2. The van der Waals surface area contributed by atoms with E-state index in [9.17, 15) is 4.39 Å². The van der Waals surface area contributed by atoms with Crippen LogP contribution in [0.5, 0.6) is 5.75 Å². The van der Waals surface area contributed by atoms with Gasteiger partial charge in [-0.25, -0.2) is 4.39 Å². The molecule has 1 N–H and O–H groups in total. The van der Waals surface area contributed by atoms with Gasteiger partial charge in [-0.1, -0.05) is 17.7 Å². The molecule has 0 spiro atoms. The van der Waals surface area contributed by atoms with Crippen molar-refractivity contribution in [1.29, 1.82) is 0 Å². The maximum absolute atomic E-state index is 13.2. The van der Waals surface area contributed by atoms with Crippen LogP contribution in [0.15, 0.2) is 36.4 Å². The summed E-state index contributed by atoms with van der Waals surface area (Å²) in [5.41, 5.74) is 2.73. The number of hydrogen-bond acceptors (Lipinski definition) is 2. The molecule has 0 saturated carbocycles. The van der Waals surface area contributed by atoms with Crippen molar-refractivity contribution in [2.45, 2.75) is 6.54 Å². The number of ether oxygens (including phenoxy) is 1. The number of nitrogens with one attached hydrogen (secondary N) is 1. The van der Waals surface area contributed by atoms with Gasteiger partial charge in [0, 0.05) is 6.07 Å². The largest absolute Gasteiger partial charge is 0.497 e. The van der Waals surface area contributed by atoms with Crippen LogP contribution >= 0.6 is 23.8 Å². The van der Waals surface area contributed by atoms with E-state index in [1.54, 1.807) is 19.2 Å². The third-order valence-corrected chi connectivity index (χ3v) is 3.92. The molecule has 0 atom stereocenters. The Bertz CT molecular complexity index is 872. The number of rotatable bonds is 3. The lowest BCUT2D eigenvalue weighted by Crippen LogP contribution is -2.00. The topological polar surface area (TPSA) is 29.9 Å². The van der Waals surface area contributed by atoms with Gasteiger partial charge >= 0.3 is 0 Å². The molecule has 0 radical (unpaired) electrons. The zero-order chi connectivity index (χ0) is 15.0. The van der Waals surface area contributed by atoms with E-state index in [0.717, 1.165) is 22.3 Å². The average molecular weight is 323 g/mol. The second-order valence-electron chi connectivity index (χ2n) is 4.65. The molecule has 3 nitrogen and oxygen atoms in total. The lowest BCUT2D eigenvalue weighted by Gasteiger charge is -2.07. The normalized spacial score (nSPS) is 11.0. The lowest BCUT2D eigenvalue weighted by molar-refractivity contribution is 0.415. The second kappa shape index (κ2) is 5.50. The van der Waals surface area contributed by atoms with Crippen LogP contribution in [0, 0.1) is 10.6 Å². The highest BCUT2D eigenvalue weighted by Gasteiger charge is 2.08. The SMILES string of the molecule is COc1ccc2[nH]c(=S)n(Cc3ccc(F)c(Cl)c3)c2c1. The first-order valence-corrected chi connectivity index (χ1v) is 7.07. The summed E-state index contributed by atoms with van der Waals surface area (Å²) in [6.45, 7) is 0.506. The molecule has 6 heteroatoms. The Hall–Kier alpha value is -1.85. The predicted molar refractivity (Wildman–Crippen MR) is 84.2 cm³/mol. The van der Waals surface area contributed by atoms with E-state index < -0.39 is 5.82 Å². The Balaban J connectivity index is 2.08. The van der Waals surface area contributed by atoms with Crippen LogP contribution in [0.1, 0.15) is 5.56 Å². The molecular weight excluding hydrogens is 311 g/mol. The van der Waals surface area contributed by atoms with Gasteiger partial charge in [-0.05, 0) is 42.0 Å². The molecule has 3 rings (SSSR count). The summed E-state index contributed by atoms with van der Waals surface area (Å²) in [4.78, 5) is 3.14. The van der Waals surface area contributed by atoms with Gasteiger partial charge in [0.05, 0.1) is 29.7 Å². The maximum atomic E-state index is 13.2. The molecule has 0 unspecified atom stereocenters. The van der Waals surface area contributed by atoms with Crippen LogP contribution in [0.3, 0.4) is 0 Å². The molecule has 0 aliphatic rings. The maximum Gasteiger partial charge on any atom is 0.178 e. The molecule has 0 aliphatic heterocycles. The molecule has 21 heavy (non-hydrogen) atoms. The summed E-state index contributed by atoms with van der Waals surface area (Å²) < 4.78 is 21.0. The molecule has 0 fully saturated rings. The van der Waals surface area contributed by atoms with Crippen molar-refractivity contribution < 1.29 is 9.13 Å². The van der Waals surface area contributed by atoms with Gasteiger partial charge in [0.1, 0.15) is 11.6 Å². The fourth-order valence-electron chi connectivity index (χ4n) is 2.24. The number of aromatic nitrogens is 2. The zero-order valence-electron chi connectivity index (χ0n) is 11.2. The van der Waals surface area contributed by atoms with Crippen molar-refractivity contribution in [3.8, 4) is 5.75 Å². The number of aromatic amines is 1. The Morgan fingerprint density at radius 2 is 2.10 bits per heavy atom. The van der Waals surface area contributed by atoms with Gasteiger partial charge in [0.15, 0.2) is 4.77 Å². The van der Waals surface area contributed by atoms with Crippen LogP contribution in [0.2, 0.25) is 5.02 Å². The van der Waals surface area contributed by atoms with Crippen LogP contribution in [0.4, 0.5) is 4.39 Å². The first-order chi connectivity index (χ1) is 10.1. The number of benzene rings is 2. The molecular formula is C15H12ClFN2OS. The van der Waals surface area contributed by atoms with Crippen LogP contribution in [0.25, 0.3) is 11.0 Å². The van der Waals surface area contributed by atoms with Gasteiger partial charge in [-0.2, -0.15) is 0 Å². The summed E-state index contributed by atoms with van der Waals surface area (Å²) in [5.74, 6) is 0.326. The number of hydrogen-bond donors (Lipinski definition) is 1. The van der Waals surface area contributed by atoms with Crippen molar-refractivity contribution in [2.75, 3.05) is 7.11 Å². The van der Waals surface area contributed by atoms with E-state index in [2.05, 4.69) is 4.98 Å². The van der Waals surface area contributed by atoms with E-state index in [0.29, 0.717) is 11.3 Å². The molecule has 0 saturated heterocycles. The van der Waals surface area contributed by atoms with E-state index in [-0.39, 0.29) is 5.02 Å². The van der Waals surface area contributed by atoms with Crippen LogP contribution in [-0.2, 0) is 6.54 Å². The molecule has 1 aromatic heterocycles. The summed E-state index contributed by atoms with van der Waals surface area (Å²) >= 11 is 11.2. The Morgan fingerprint density at radius 1 is 1.29 bits per heavy atom. The zero-order valence-corrected chi connectivity index (χ0v) is 12.8. The highest BCUT2D eigenvalue weighted by molar-refractivity contribution is 7.71. The second-order valence-corrected chi connectivity index (χ2v) is 5.44. The fourth-order valence-corrected chi connectivity index (χ4v) is 2.71. The van der Waals surface area contributed by atoms with Crippen molar-refractivity contribution in [3.05, 3.63) is 57.6 Å². The molecule has 0 amide bonds. The molecule has 2 aromatic carbocycles. The highest BCUT2D eigenvalue weighted by atomic mass is 35.5.